The van der Waals surface area contributed by atoms with Gasteiger partial charge in [0.25, 0.3) is 0 Å². The highest BCUT2D eigenvalue weighted by Gasteiger charge is 2.41. The lowest BCUT2D eigenvalue weighted by Gasteiger charge is -2.20. The summed E-state index contributed by atoms with van der Waals surface area (Å²) in [5.41, 5.74) is 1.87. The molecule has 1 aromatic heterocycles. The molecule has 2 fully saturated rings. The molecule has 1 aromatic rings. The molecule has 2 N–H and O–H groups in total. The van der Waals surface area contributed by atoms with E-state index in [-0.39, 0.29) is 5.56 Å². The highest BCUT2D eigenvalue weighted by atomic mass is 16.4. The van der Waals surface area contributed by atoms with Gasteiger partial charge in [0.15, 0.2) is 0 Å². The van der Waals surface area contributed by atoms with Crippen molar-refractivity contribution in [1.82, 2.24) is 4.98 Å². The second-order valence-corrected chi connectivity index (χ2v) is 5.52. The average molecular weight is 246 g/mol. The van der Waals surface area contributed by atoms with Crippen LogP contribution in [0.5, 0.6) is 0 Å². The maximum atomic E-state index is 11.2. The van der Waals surface area contributed by atoms with Crippen LogP contribution in [0.3, 0.4) is 0 Å². The van der Waals surface area contributed by atoms with Crippen molar-refractivity contribution < 1.29 is 9.90 Å². The number of aromatic carboxylic acids is 1. The Hall–Kier alpha value is -1.58. The zero-order valence-corrected chi connectivity index (χ0v) is 10.5. The minimum absolute atomic E-state index is 0.284. The van der Waals surface area contributed by atoms with Crippen molar-refractivity contribution >= 4 is 11.7 Å². The largest absolute Gasteiger partial charge is 0.478 e. The molecule has 0 radical (unpaired) electrons. The van der Waals surface area contributed by atoms with Gasteiger partial charge in [-0.1, -0.05) is 0 Å². The van der Waals surface area contributed by atoms with Gasteiger partial charge in [-0.2, -0.15) is 0 Å². The maximum Gasteiger partial charge on any atom is 0.339 e. The summed E-state index contributed by atoms with van der Waals surface area (Å²) in [5, 5.41) is 12.7. The number of aromatic nitrogens is 1. The van der Waals surface area contributed by atoms with Crippen LogP contribution in [0.15, 0.2) is 12.3 Å². The third-order valence-electron chi connectivity index (χ3n) is 3.85. The lowest BCUT2D eigenvalue weighted by molar-refractivity contribution is 0.0697. The van der Waals surface area contributed by atoms with E-state index >= 15 is 0 Å². The van der Waals surface area contributed by atoms with E-state index in [1.54, 1.807) is 0 Å². The number of anilines is 1. The van der Waals surface area contributed by atoms with Crippen LogP contribution in [0.2, 0.25) is 0 Å². The Bertz CT molecular complexity index is 467. The fourth-order valence-electron chi connectivity index (χ4n) is 2.56. The molecule has 0 saturated heterocycles. The number of aryl methyl sites for hydroxylation is 1. The van der Waals surface area contributed by atoms with Gasteiger partial charge in [-0.05, 0) is 50.5 Å². The van der Waals surface area contributed by atoms with E-state index in [1.807, 2.05) is 13.0 Å². The molecule has 2 aliphatic carbocycles. The molecule has 18 heavy (non-hydrogen) atoms. The lowest BCUT2D eigenvalue weighted by Crippen LogP contribution is -2.25. The second kappa shape index (κ2) is 4.26. The number of carboxylic acids is 1. The first kappa shape index (κ1) is 11.5. The van der Waals surface area contributed by atoms with Crippen LogP contribution >= 0.6 is 0 Å². The van der Waals surface area contributed by atoms with Crippen LogP contribution in [0, 0.1) is 18.8 Å². The van der Waals surface area contributed by atoms with Gasteiger partial charge >= 0.3 is 5.97 Å². The quantitative estimate of drug-likeness (QED) is 0.838. The first-order valence-corrected chi connectivity index (χ1v) is 6.61. The number of nitrogens with one attached hydrogen (secondary N) is 1. The van der Waals surface area contributed by atoms with Crippen molar-refractivity contribution in [2.45, 2.75) is 38.6 Å². The fourth-order valence-corrected chi connectivity index (χ4v) is 2.56. The smallest absolute Gasteiger partial charge is 0.339 e. The molecule has 0 spiro atoms. The van der Waals surface area contributed by atoms with Gasteiger partial charge in [-0.3, -0.25) is 4.98 Å². The molecule has 0 atom stereocenters. The number of hydrogen-bond acceptors (Lipinski definition) is 3. The molecule has 0 amide bonds. The Morgan fingerprint density at radius 1 is 1.39 bits per heavy atom. The first-order chi connectivity index (χ1) is 8.65. The topological polar surface area (TPSA) is 62.2 Å². The monoisotopic (exact) mass is 246 g/mol. The van der Waals surface area contributed by atoms with Gasteiger partial charge in [0, 0.05) is 17.9 Å². The number of carboxylic acid groups (broad SMARTS) is 1. The van der Waals surface area contributed by atoms with E-state index in [2.05, 4.69) is 10.3 Å². The maximum absolute atomic E-state index is 11.2. The molecule has 96 valence electrons. The molecular formula is C14H18N2O2. The Morgan fingerprint density at radius 3 is 2.50 bits per heavy atom. The molecule has 4 heteroatoms. The zero-order chi connectivity index (χ0) is 12.7. The van der Waals surface area contributed by atoms with Gasteiger partial charge in [-0.25, -0.2) is 4.79 Å². The summed E-state index contributed by atoms with van der Waals surface area (Å²) in [6.07, 6.45) is 6.57. The first-order valence-electron chi connectivity index (χ1n) is 6.61. The van der Waals surface area contributed by atoms with E-state index in [0.29, 0.717) is 6.04 Å². The normalized spacial score (nSPS) is 19.0. The molecular weight excluding hydrogens is 228 g/mol. The predicted octanol–water partition coefficient (Wildman–Crippen LogP) is 2.69. The van der Waals surface area contributed by atoms with Crippen LogP contribution in [0.1, 0.15) is 41.7 Å². The number of nitrogens with zero attached hydrogens (tertiary/aromatic N) is 1. The van der Waals surface area contributed by atoms with Crippen molar-refractivity contribution in [3.63, 3.8) is 0 Å². The molecule has 0 unspecified atom stereocenters. The van der Waals surface area contributed by atoms with E-state index in [1.165, 1.54) is 31.9 Å². The molecule has 3 rings (SSSR count). The molecule has 4 nitrogen and oxygen atoms in total. The number of carbonyl (C=O) groups is 1. The van der Waals surface area contributed by atoms with Crippen LogP contribution < -0.4 is 5.32 Å². The van der Waals surface area contributed by atoms with Gasteiger partial charge in [0.1, 0.15) is 5.56 Å². The average Bonchev–Trinajstić information content (AvgIpc) is 3.17. The fraction of sp³-hybridized carbons (Fsp3) is 0.571. The molecule has 2 saturated carbocycles. The highest BCUT2D eigenvalue weighted by Crippen LogP contribution is 2.46. The summed E-state index contributed by atoms with van der Waals surface area (Å²) >= 11 is 0. The van der Waals surface area contributed by atoms with Crippen molar-refractivity contribution in [1.29, 1.82) is 0 Å². The van der Waals surface area contributed by atoms with Crippen molar-refractivity contribution in [2.24, 2.45) is 11.8 Å². The van der Waals surface area contributed by atoms with E-state index < -0.39 is 5.97 Å². The Balaban J connectivity index is 1.85. The molecule has 1 heterocycles. The summed E-state index contributed by atoms with van der Waals surface area (Å²) < 4.78 is 0. The van der Waals surface area contributed by atoms with Crippen molar-refractivity contribution in [2.75, 3.05) is 5.32 Å². The third-order valence-corrected chi connectivity index (χ3v) is 3.85. The van der Waals surface area contributed by atoms with Crippen molar-refractivity contribution in [3.05, 3.63) is 23.5 Å². The van der Waals surface area contributed by atoms with Crippen LogP contribution in [0.25, 0.3) is 0 Å². The highest BCUT2D eigenvalue weighted by molar-refractivity contribution is 5.93. The van der Waals surface area contributed by atoms with Crippen molar-refractivity contribution in [3.8, 4) is 0 Å². The second-order valence-electron chi connectivity index (χ2n) is 5.52. The van der Waals surface area contributed by atoms with Crippen LogP contribution in [0.4, 0.5) is 5.69 Å². The van der Waals surface area contributed by atoms with E-state index in [0.717, 1.165) is 23.2 Å². The van der Waals surface area contributed by atoms with Gasteiger partial charge in [-0.15, -0.1) is 0 Å². The Kier molecular flexibility index (Phi) is 2.73. The Labute approximate surface area is 106 Å². The van der Waals surface area contributed by atoms with E-state index in [9.17, 15) is 9.90 Å². The summed E-state index contributed by atoms with van der Waals surface area (Å²) in [7, 11) is 0. The van der Waals surface area contributed by atoms with Gasteiger partial charge in [0.2, 0.25) is 0 Å². The van der Waals surface area contributed by atoms with Crippen LogP contribution in [-0.2, 0) is 0 Å². The Morgan fingerprint density at radius 2 is 2.00 bits per heavy atom. The summed E-state index contributed by atoms with van der Waals surface area (Å²) in [5.74, 6) is 0.579. The molecule has 0 aromatic carbocycles. The molecule has 2 aliphatic rings. The third kappa shape index (κ3) is 2.33. The van der Waals surface area contributed by atoms with Gasteiger partial charge in [0.05, 0.1) is 5.69 Å². The zero-order valence-electron chi connectivity index (χ0n) is 10.5. The molecule has 0 aliphatic heterocycles. The lowest BCUT2D eigenvalue weighted by atomic mass is 10.1. The minimum Gasteiger partial charge on any atom is -0.478 e. The summed E-state index contributed by atoms with van der Waals surface area (Å²) in [6, 6.07) is 2.31. The summed E-state index contributed by atoms with van der Waals surface area (Å²) in [4.78, 5) is 15.3. The van der Waals surface area contributed by atoms with E-state index in [4.69, 9.17) is 0 Å². The van der Waals surface area contributed by atoms with Gasteiger partial charge < -0.3 is 10.4 Å². The predicted molar refractivity (Wildman–Crippen MR) is 68.8 cm³/mol. The number of pyridine rings is 1. The summed E-state index contributed by atoms with van der Waals surface area (Å²) in [6.45, 7) is 1.89. The number of rotatable bonds is 5. The molecule has 0 bridgehead atoms. The number of hydrogen-bond donors (Lipinski definition) is 2. The SMILES string of the molecule is Cc1cc(NC(C2CC2)C2CC2)c(C(=O)O)cn1. The minimum atomic E-state index is -0.907. The van der Waals surface area contributed by atoms with Crippen LogP contribution in [-0.4, -0.2) is 22.1 Å². The standard InChI is InChI=1S/C14H18N2O2/c1-8-6-12(11(7-15-8)14(17)18)16-13(9-2-3-9)10-4-5-10/h6-7,9-10,13H,2-5H2,1H3,(H,15,16)(H,17,18).